The van der Waals surface area contributed by atoms with Crippen molar-refractivity contribution in [3.8, 4) is 5.75 Å². The number of fused-ring (bicyclic) bond motifs is 1. The number of nitrogens with zero attached hydrogens (tertiary/aromatic N) is 2. The smallest absolute Gasteiger partial charge is 0.272 e. The van der Waals surface area contributed by atoms with Gasteiger partial charge in [0.15, 0.2) is 0 Å². The van der Waals surface area contributed by atoms with Crippen molar-refractivity contribution in [3.63, 3.8) is 0 Å². The molecule has 0 bridgehead atoms. The fourth-order valence-electron chi connectivity index (χ4n) is 4.99. The quantitative estimate of drug-likeness (QED) is 0.409. The van der Waals surface area contributed by atoms with Crippen LogP contribution in [0.5, 0.6) is 5.75 Å². The summed E-state index contributed by atoms with van der Waals surface area (Å²) in [6.45, 7) is 6.52. The summed E-state index contributed by atoms with van der Waals surface area (Å²) in [4.78, 5) is 17.9. The van der Waals surface area contributed by atoms with E-state index in [2.05, 4.69) is 18.7 Å². The van der Waals surface area contributed by atoms with Crippen molar-refractivity contribution in [3.05, 3.63) is 58.1 Å². The van der Waals surface area contributed by atoms with Crippen LogP contribution in [0.4, 0.5) is 5.69 Å². The molecule has 0 radical (unpaired) electrons. The zero-order valence-corrected chi connectivity index (χ0v) is 20.4. The highest BCUT2D eigenvalue weighted by molar-refractivity contribution is 6.42. The maximum atomic E-state index is 13.4. The van der Waals surface area contributed by atoms with Gasteiger partial charge in [0.1, 0.15) is 5.75 Å². The van der Waals surface area contributed by atoms with Gasteiger partial charge in [-0.25, -0.2) is 0 Å². The van der Waals surface area contributed by atoms with Crippen molar-refractivity contribution >= 4 is 34.8 Å². The fourth-order valence-corrected chi connectivity index (χ4v) is 5.30. The van der Waals surface area contributed by atoms with Crippen LogP contribution >= 0.6 is 23.2 Å². The summed E-state index contributed by atoms with van der Waals surface area (Å²) in [5.74, 6) is 0.666. The third-order valence-electron chi connectivity index (χ3n) is 6.81. The molecule has 2 aliphatic rings. The van der Waals surface area contributed by atoms with Crippen LogP contribution in [0.2, 0.25) is 10.0 Å². The Morgan fingerprint density at radius 2 is 1.66 bits per heavy atom. The number of hydrogen-bond donors (Lipinski definition) is 0. The molecule has 2 heterocycles. The lowest BCUT2D eigenvalue weighted by Crippen LogP contribution is -2.44. The summed E-state index contributed by atoms with van der Waals surface area (Å²) in [6, 6.07) is 14.3. The Balaban J connectivity index is 1.40. The van der Waals surface area contributed by atoms with Crippen LogP contribution in [0, 0.1) is 0 Å². The van der Waals surface area contributed by atoms with Crippen LogP contribution in [0.1, 0.15) is 64.0 Å². The van der Waals surface area contributed by atoms with E-state index >= 15 is 0 Å². The third-order valence-corrected chi connectivity index (χ3v) is 7.55. The van der Waals surface area contributed by atoms with Crippen LogP contribution in [0.25, 0.3) is 0 Å². The van der Waals surface area contributed by atoms with Gasteiger partial charge in [0.05, 0.1) is 15.7 Å². The number of carbonyl (C=O) groups is 1. The molecular formula is C26H32Cl2N2O2. The molecule has 1 fully saturated rings. The van der Waals surface area contributed by atoms with Gasteiger partial charge in [0.2, 0.25) is 6.10 Å². The minimum Gasteiger partial charge on any atom is -0.474 e. The van der Waals surface area contributed by atoms with Crippen molar-refractivity contribution in [2.24, 2.45) is 0 Å². The Labute approximate surface area is 201 Å². The number of rotatable bonds is 7. The molecule has 1 amide bonds. The number of anilines is 1. The molecule has 2 aromatic carbocycles. The van der Waals surface area contributed by atoms with E-state index in [1.165, 1.54) is 19.3 Å². The van der Waals surface area contributed by atoms with Crippen LogP contribution in [-0.2, 0) is 4.79 Å². The van der Waals surface area contributed by atoms with Gasteiger partial charge < -0.3 is 9.64 Å². The van der Waals surface area contributed by atoms with Crippen molar-refractivity contribution in [2.45, 2.75) is 70.6 Å². The molecule has 0 aromatic heterocycles. The average Bonchev–Trinajstić information content (AvgIpc) is 2.78. The molecule has 1 unspecified atom stereocenters. The van der Waals surface area contributed by atoms with Crippen molar-refractivity contribution in [1.82, 2.24) is 4.90 Å². The lowest BCUT2D eigenvalue weighted by molar-refractivity contribution is -0.126. The van der Waals surface area contributed by atoms with E-state index in [-0.39, 0.29) is 5.91 Å². The number of benzene rings is 2. The Morgan fingerprint density at radius 1 is 0.938 bits per heavy atom. The lowest BCUT2D eigenvalue weighted by atomic mass is 9.97. The van der Waals surface area contributed by atoms with Crippen molar-refractivity contribution in [2.75, 3.05) is 18.0 Å². The Morgan fingerprint density at radius 3 is 2.41 bits per heavy atom. The highest BCUT2D eigenvalue weighted by atomic mass is 35.5. The SMILES string of the molecule is C[C@@H]1CCC[C@H](C)N1CCCCCN1C(=O)C(c2ccc(Cl)c(Cl)c2)Oc2ccccc21. The molecule has 3 atom stereocenters. The van der Waals surface area contributed by atoms with E-state index in [9.17, 15) is 4.79 Å². The maximum Gasteiger partial charge on any atom is 0.272 e. The monoisotopic (exact) mass is 474 g/mol. The minimum absolute atomic E-state index is 0.0552. The molecule has 0 saturated carbocycles. The molecule has 4 nitrogen and oxygen atoms in total. The highest BCUT2D eigenvalue weighted by Gasteiger charge is 2.35. The zero-order chi connectivity index (χ0) is 22.7. The van der Waals surface area contributed by atoms with Crippen molar-refractivity contribution < 1.29 is 9.53 Å². The molecule has 172 valence electrons. The number of likely N-dealkylation sites (tertiary alicyclic amines) is 1. The van der Waals surface area contributed by atoms with Crippen molar-refractivity contribution in [1.29, 1.82) is 0 Å². The molecule has 2 aliphatic heterocycles. The Hall–Kier alpha value is -1.75. The second-order valence-corrected chi connectivity index (χ2v) is 9.87. The number of carbonyl (C=O) groups excluding carboxylic acids is 1. The summed E-state index contributed by atoms with van der Waals surface area (Å²) in [7, 11) is 0. The van der Waals surface area contributed by atoms with Gasteiger partial charge in [-0.2, -0.15) is 0 Å². The lowest BCUT2D eigenvalue weighted by Gasteiger charge is -2.39. The van der Waals surface area contributed by atoms with E-state index in [1.807, 2.05) is 35.2 Å². The second-order valence-electron chi connectivity index (χ2n) is 9.06. The zero-order valence-electron chi connectivity index (χ0n) is 18.9. The first kappa shape index (κ1) is 23.4. The van der Waals surface area contributed by atoms with Gasteiger partial charge >= 0.3 is 0 Å². The summed E-state index contributed by atoms with van der Waals surface area (Å²) in [5.41, 5.74) is 1.56. The normalized spacial score (nSPS) is 23.7. The summed E-state index contributed by atoms with van der Waals surface area (Å²) < 4.78 is 6.09. The predicted octanol–water partition coefficient (Wildman–Crippen LogP) is 6.89. The number of para-hydroxylation sites is 2. The van der Waals surface area contributed by atoms with E-state index in [1.54, 1.807) is 12.1 Å². The van der Waals surface area contributed by atoms with Gasteiger partial charge in [-0.1, -0.05) is 54.2 Å². The highest BCUT2D eigenvalue weighted by Crippen LogP contribution is 2.40. The minimum atomic E-state index is -0.713. The summed E-state index contributed by atoms with van der Waals surface area (Å²) in [6.07, 6.45) is 6.46. The first-order chi connectivity index (χ1) is 15.5. The van der Waals surface area contributed by atoms with E-state index in [4.69, 9.17) is 27.9 Å². The van der Waals surface area contributed by atoms with Gasteiger partial charge in [-0.3, -0.25) is 9.69 Å². The van der Waals surface area contributed by atoms with Crippen LogP contribution in [0.15, 0.2) is 42.5 Å². The van der Waals surface area contributed by atoms with Crippen LogP contribution in [-0.4, -0.2) is 36.0 Å². The maximum absolute atomic E-state index is 13.4. The average molecular weight is 475 g/mol. The molecule has 1 saturated heterocycles. The summed E-state index contributed by atoms with van der Waals surface area (Å²) >= 11 is 12.3. The number of amides is 1. The molecular weight excluding hydrogens is 443 g/mol. The van der Waals surface area contributed by atoms with Gasteiger partial charge in [0.25, 0.3) is 5.91 Å². The molecule has 2 aromatic rings. The van der Waals surface area contributed by atoms with Gasteiger partial charge in [-0.05, 0) is 70.3 Å². The molecule has 4 rings (SSSR count). The number of ether oxygens (including phenoxy) is 1. The Bertz CT molecular complexity index is 941. The number of halogens is 2. The largest absolute Gasteiger partial charge is 0.474 e. The number of unbranched alkanes of at least 4 members (excludes halogenated alkanes) is 2. The molecule has 6 heteroatoms. The van der Waals surface area contributed by atoms with Crippen LogP contribution < -0.4 is 9.64 Å². The van der Waals surface area contributed by atoms with Crippen LogP contribution in [0.3, 0.4) is 0 Å². The molecule has 0 spiro atoms. The molecule has 0 N–H and O–H groups in total. The molecule has 32 heavy (non-hydrogen) atoms. The first-order valence-corrected chi connectivity index (χ1v) is 12.5. The van der Waals surface area contributed by atoms with E-state index in [0.717, 1.165) is 42.8 Å². The van der Waals surface area contributed by atoms with Gasteiger partial charge in [-0.15, -0.1) is 0 Å². The third kappa shape index (κ3) is 5.08. The molecule has 0 aliphatic carbocycles. The van der Waals surface area contributed by atoms with Gasteiger partial charge in [0, 0.05) is 24.2 Å². The second kappa shape index (κ2) is 10.5. The summed E-state index contributed by atoms with van der Waals surface area (Å²) in [5, 5.41) is 0.889. The number of piperidine rings is 1. The van der Waals surface area contributed by atoms with E-state index in [0.29, 0.717) is 28.7 Å². The predicted molar refractivity (Wildman–Crippen MR) is 132 cm³/mol. The Kier molecular flexibility index (Phi) is 7.65. The topological polar surface area (TPSA) is 32.8 Å². The fraction of sp³-hybridized carbons (Fsp3) is 0.500. The standard InChI is InChI=1S/C26H32Cl2N2O2/c1-18-9-8-10-19(2)29(18)15-6-3-7-16-30-23-11-4-5-12-24(23)32-25(26(30)31)20-13-14-21(27)22(28)17-20/h4-5,11-14,17-19,25H,3,6-10,15-16H2,1-2H3/t18-,19+,25?. The number of hydrogen-bond acceptors (Lipinski definition) is 3. The van der Waals surface area contributed by atoms with E-state index < -0.39 is 6.10 Å². The first-order valence-electron chi connectivity index (χ1n) is 11.7.